The van der Waals surface area contributed by atoms with Crippen molar-refractivity contribution in [3.05, 3.63) is 0 Å². The van der Waals surface area contributed by atoms with Gasteiger partial charge in [0.15, 0.2) is 0 Å². The molecule has 106 valence electrons. The second kappa shape index (κ2) is 8.16. The van der Waals surface area contributed by atoms with Crippen LogP contribution in [0.1, 0.15) is 32.1 Å². The van der Waals surface area contributed by atoms with Gasteiger partial charge in [-0.05, 0) is 25.7 Å². The van der Waals surface area contributed by atoms with E-state index in [4.69, 9.17) is 16.4 Å². The Labute approximate surface area is 115 Å². The highest BCUT2D eigenvalue weighted by atomic mass is 32.2. The van der Waals surface area contributed by atoms with Crippen LogP contribution in [-0.2, 0) is 14.8 Å². The van der Waals surface area contributed by atoms with Crippen LogP contribution in [0.3, 0.4) is 0 Å². The summed E-state index contributed by atoms with van der Waals surface area (Å²) in [5.41, 5.74) is 0. The lowest BCUT2D eigenvalue weighted by Crippen LogP contribution is -2.39. The molecule has 1 saturated heterocycles. The Kier molecular flexibility index (Phi) is 6.86. The van der Waals surface area contributed by atoms with E-state index < -0.39 is 10.0 Å². The molecule has 0 saturated carbocycles. The molecule has 1 atom stereocenters. The zero-order chi connectivity index (χ0) is 14.1. The fourth-order valence-corrected chi connectivity index (χ4v) is 3.50. The first-order valence-electron chi connectivity index (χ1n) is 6.50. The van der Waals surface area contributed by atoms with E-state index in [0.29, 0.717) is 32.4 Å². The lowest BCUT2D eigenvalue weighted by atomic mass is 10.2. The van der Waals surface area contributed by atoms with Crippen molar-refractivity contribution in [2.45, 2.75) is 38.2 Å². The second-order valence-electron chi connectivity index (χ2n) is 4.56. The summed E-state index contributed by atoms with van der Waals surface area (Å²) in [6.45, 7) is 1.11. The monoisotopic (exact) mass is 284 g/mol. The molecule has 0 N–H and O–H groups in total. The van der Waals surface area contributed by atoms with E-state index in [0.717, 1.165) is 12.8 Å². The van der Waals surface area contributed by atoms with Crippen molar-refractivity contribution in [2.75, 3.05) is 25.4 Å². The first-order chi connectivity index (χ1) is 9.10. The van der Waals surface area contributed by atoms with Gasteiger partial charge in [-0.2, -0.15) is 9.57 Å². The number of rotatable bonds is 8. The lowest BCUT2D eigenvalue weighted by molar-refractivity contribution is 0.0960. The summed E-state index contributed by atoms with van der Waals surface area (Å²) in [6, 6.07) is 2.01. The zero-order valence-corrected chi connectivity index (χ0v) is 11.9. The number of nitriles is 1. The van der Waals surface area contributed by atoms with Crippen molar-refractivity contribution in [3.8, 4) is 18.4 Å². The Morgan fingerprint density at radius 3 is 2.79 bits per heavy atom. The van der Waals surface area contributed by atoms with E-state index in [2.05, 4.69) is 5.92 Å². The van der Waals surface area contributed by atoms with Gasteiger partial charge in [0.1, 0.15) is 0 Å². The van der Waals surface area contributed by atoms with E-state index in [-0.39, 0.29) is 18.4 Å². The van der Waals surface area contributed by atoms with Gasteiger partial charge in [0.2, 0.25) is 10.0 Å². The van der Waals surface area contributed by atoms with Gasteiger partial charge < -0.3 is 4.74 Å². The maximum Gasteiger partial charge on any atom is 0.215 e. The van der Waals surface area contributed by atoms with Gasteiger partial charge in [-0.3, -0.25) is 0 Å². The Morgan fingerprint density at radius 1 is 1.42 bits per heavy atom. The maximum atomic E-state index is 12.2. The Bertz CT molecular complexity index is 441. The third-order valence-electron chi connectivity index (χ3n) is 3.03. The van der Waals surface area contributed by atoms with Crippen LogP contribution in [-0.4, -0.2) is 44.3 Å². The van der Waals surface area contributed by atoms with Crippen LogP contribution < -0.4 is 0 Å². The van der Waals surface area contributed by atoms with Crippen molar-refractivity contribution < 1.29 is 13.2 Å². The minimum atomic E-state index is -3.35. The molecule has 0 aromatic carbocycles. The fourth-order valence-electron chi connectivity index (χ4n) is 2.01. The van der Waals surface area contributed by atoms with E-state index in [1.54, 1.807) is 0 Å². The molecular formula is C13H20N2O3S. The minimum absolute atomic E-state index is 0.0396. The predicted octanol–water partition coefficient (Wildman–Crippen LogP) is 1.12. The van der Waals surface area contributed by atoms with Crippen LogP contribution >= 0.6 is 0 Å². The van der Waals surface area contributed by atoms with E-state index >= 15 is 0 Å². The van der Waals surface area contributed by atoms with E-state index in [1.807, 2.05) is 6.07 Å². The first-order valence-corrected chi connectivity index (χ1v) is 8.11. The van der Waals surface area contributed by atoms with Crippen molar-refractivity contribution in [1.29, 1.82) is 5.26 Å². The third kappa shape index (κ3) is 5.61. The molecule has 0 aromatic heterocycles. The number of nitrogens with zero attached hydrogens (tertiary/aromatic N) is 2. The number of terminal acetylenes is 1. The molecule has 19 heavy (non-hydrogen) atoms. The van der Waals surface area contributed by atoms with Crippen molar-refractivity contribution >= 4 is 10.0 Å². The van der Waals surface area contributed by atoms with Crippen LogP contribution in [0.15, 0.2) is 0 Å². The molecule has 1 unspecified atom stereocenters. The van der Waals surface area contributed by atoms with Crippen molar-refractivity contribution in [1.82, 2.24) is 4.31 Å². The van der Waals surface area contributed by atoms with E-state index in [9.17, 15) is 8.42 Å². The molecule has 1 heterocycles. The highest BCUT2D eigenvalue weighted by Gasteiger charge is 2.26. The summed E-state index contributed by atoms with van der Waals surface area (Å²) in [5, 5.41) is 8.43. The fraction of sp³-hybridized carbons (Fsp3) is 0.769. The summed E-state index contributed by atoms with van der Waals surface area (Å²) in [7, 11) is -3.35. The van der Waals surface area contributed by atoms with Crippen molar-refractivity contribution in [3.63, 3.8) is 0 Å². The molecule has 6 heteroatoms. The third-order valence-corrected chi connectivity index (χ3v) is 4.90. The van der Waals surface area contributed by atoms with Gasteiger partial charge in [0.05, 0.1) is 24.5 Å². The summed E-state index contributed by atoms with van der Waals surface area (Å²) < 4.78 is 31.1. The van der Waals surface area contributed by atoms with E-state index in [1.165, 1.54) is 4.31 Å². The summed E-state index contributed by atoms with van der Waals surface area (Å²) in [6.07, 6.45) is 8.52. The number of ether oxygens (including phenoxy) is 1. The molecule has 1 rings (SSSR count). The summed E-state index contributed by atoms with van der Waals surface area (Å²) >= 11 is 0. The maximum absolute atomic E-state index is 12.2. The molecular weight excluding hydrogens is 264 g/mol. The van der Waals surface area contributed by atoms with Gasteiger partial charge in [0, 0.05) is 19.6 Å². The molecule has 1 aliphatic rings. The first kappa shape index (κ1) is 16.0. The normalized spacial score (nSPS) is 19.2. The number of hydrogen-bond donors (Lipinski definition) is 0. The Hall–Kier alpha value is -1.08. The van der Waals surface area contributed by atoms with Crippen molar-refractivity contribution in [2.24, 2.45) is 0 Å². The van der Waals surface area contributed by atoms with Crippen LogP contribution in [0.4, 0.5) is 0 Å². The summed E-state index contributed by atoms with van der Waals surface area (Å²) in [4.78, 5) is 0. The SMILES string of the molecule is C#CCN(CC1CCCO1)S(=O)(=O)CCCCC#N. The minimum Gasteiger partial charge on any atom is -0.377 e. The zero-order valence-electron chi connectivity index (χ0n) is 11.0. The molecule has 1 fully saturated rings. The highest BCUT2D eigenvalue weighted by Crippen LogP contribution is 2.16. The smallest absolute Gasteiger partial charge is 0.215 e. The quantitative estimate of drug-likeness (QED) is 0.495. The second-order valence-corrected chi connectivity index (χ2v) is 6.65. The Morgan fingerprint density at radius 2 is 2.21 bits per heavy atom. The average molecular weight is 284 g/mol. The number of sulfonamides is 1. The predicted molar refractivity (Wildman–Crippen MR) is 72.6 cm³/mol. The molecule has 0 aromatic rings. The van der Waals surface area contributed by atoms with Gasteiger partial charge in [-0.1, -0.05) is 5.92 Å². The molecule has 1 aliphatic heterocycles. The molecule has 0 aliphatic carbocycles. The van der Waals surface area contributed by atoms with Gasteiger partial charge >= 0.3 is 0 Å². The molecule has 0 bridgehead atoms. The van der Waals surface area contributed by atoms with Crippen LogP contribution in [0.2, 0.25) is 0 Å². The lowest BCUT2D eigenvalue weighted by Gasteiger charge is -2.22. The molecule has 0 spiro atoms. The van der Waals surface area contributed by atoms with Gasteiger partial charge in [-0.15, -0.1) is 6.42 Å². The summed E-state index contributed by atoms with van der Waals surface area (Å²) in [5.74, 6) is 2.43. The molecule has 5 nitrogen and oxygen atoms in total. The number of hydrogen-bond acceptors (Lipinski definition) is 4. The van der Waals surface area contributed by atoms with Crippen LogP contribution in [0.25, 0.3) is 0 Å². The van der Waals surface area contributed by atoms with Crippen LogP contribution in [0.5, 0.6) is 0 Å². The largest absolute Gasteiger partial charge is 0.377 e. The number of unbranched alkanes of at least 4 members (excludes halogenated alkanes) is 2. The standard InChI is InChI=1S/C13H20N2O3S/c1-2-9-15(12-13-7-6-10-18-13)19(16,17)11-5-3-4-8-14/h1,13H,3-7,9-12H2. The average Bonchev–Trinajstić information content (AvgIpc) is 2.87. The highest BCUT2D eigenvalue weighted by molar-refractivity contribution is 7.89. The topological polar surface area (TPSA) is 70.4 Å². The Balaban J connectivity index is 2.52. The molecule has 0 amide bonds. The van der Waals surface area contributed by atoms with Gasteiger partial charge in [-0.25, -0.2) is 8.42 Å². The molecule has 0 radical (unpaired) electrons. The van der Waals surface area contributed by atoms with Crippen LogP contribution in [0, 0.1) is 23.7 Å². The van der Waals surface area contributed by atoms with Gasteiger partial charge in [0.25, 0.3) is 0 Å².